The van der Waals surface area contributed by atoms with Crippen LogP contribution >= 0.6 is 11.8 Å². The van der Waals surface area contributed by atoms with E-state index in [-0.39, 0.29) is 29.7 Å². The van der Waals surface area contributed by atoms with Crippen LogP contribution in [0.1, 0.15) is 10.4 Å². The Bertz CT molecular complexity index is 1060. The Morgan fingerprint density at radius 1 is 0.806 bits per heavy atom. The van der Waals surface area contributed by atoms with Crippen LogP contribution in [0.3, 0.4) is 0 Å². The maximum atomic E-state index is 12.2. The van der Waals surface area contributed by atoms with Gasteiger partial charge in [0, 0.05) is 16.3 Å². The molecule has 0 bridgehead atoms. The average Bonchev–Trinajstić information content (AvgIpc) is 2.78. The van der Waals surface area contributed by atoms with Gasteiger partial charge in [-0.3, -0.25) is 9.59 Å². The summed E-state index contributed by atoms with van der Waals surface area (Å²) in [7, 11) is 0. The Balaban J connectivity index is 1.46. The van der Waals surface area contributed by atoms with Gasteiger partial charge in [0.1, 0.15) is 5.75 Å². The van der Waals surface area contributed by atoms with E-state index in [1.807, 2.05) is 24.3 Å². The molecule has 0 aliphatic rings. The summed E-state index contributed by atoms with van der Waals surface area (Å²) in [6.07, 6.45) is 0. The molecule has 0 saturated heterocycles. The van der Waals surface area contributed by atoms with Gasteiger partial charge in [0.05, 0.1) is 11.3 Å². The van der Waals surface area contributed by atoms with Gasteiger partial charge in [-0.05, 0) is 54.6 Å². The second-order valence-corrected chi connectivity index (χ2v) is 7.45. The van der Waals surface area contributed by atoms with E-state index >= 15 is 0 Å². The molecule has 0 atom stereocenters. The quantitative estimate of drug-likeness (QED) is 0.436. The summed E-state index contributed by atoms with van der Waals surface area (Å²) >= 11 is 1.32. The van der Waals surface area contributed by atoms with Crippen molar-refractivity contribution in [2.24, 2.45) is 0 Å². The summed E-state index contributed by atoms with van der Waals surface area (Å²) in [4.78, 5) is 35.9. The van der Waals surface area contributed by atoms with E-state index < -0.39 is 5.97 Å². The van der Waals surface area contributed by atoms with E-state index in [0.29, 0.717) is 17.1 Å². The first-order valence-electron chi connectivity index (χ1n) is 9.33. The van der Waals surface area contributed by atoms with Crippen molar-refractivity contribution in [2.45, 2.75) is 4.90 Å². The minimum absolute atomic E-state index is 0.107. The largest absolute Gasteiger partial charge is 0.484 e. The molecule has 3 aromatic rings. The third-order valence-electron chi connectivity index (χ3n) is 4.02. The summed E-state index contributed by atoms with van der Waals surface area (Å²) in [6.45, 7) is -0.107. The Morgan fingerprint density at radius 2 is 1.52 bits per heavy atom. The second-order valence-electron chi connectivity index (χ2n) is 6.40. The highest BCUT2D eigenvalue weighted by Gasteiger charge is 2.08. The van der Waals surface area contributed by atoms with E-state index in [9.17, 15) is 14.4 Å². The van der Waals surface area contributed by atoms with Gasteiger partial charge >= 0.3 is 5.97 Å². The van der Waals surface area contributed by atoms with Gasteiger partial charge in [-0.1, -0.05) is 24.3 Å². The molecule has 0 unspecified atom stereocenters. The van der Waals surface area contributed by atoms with Gasteiger partial charge in [-0.15, -0.1) is 11.8 Å². The number of benzene rings is 3. The molecule has 3 aromatic carbocycles. The molecule has 0 spiro atoms. The third kappa shape index (κ3) is 7.20. The predicted molar refractivity (Wildman–Crippen MR) is 120 cm³/mol. The predicted octanol–water partition coefficient (Wildman–Crippen LogP) is 4.13. The highest BCUT2D eigenvalue weighted by atomic mass is 32.2. The lowest BCUT2D eigenvalue weighted by molar-refractivity contribution is -0.118. The number of aromatic carboxylic acids is 1. The molecule has 0 aromatic heterocycles. The van der Waals surface area contributed by atoms with Gasteiger partial charge in [-0.2, -0.15) is 0 Å². The van der Waals surface area contributed by atoms with Gasteiger partial charge < -0.3 is 20.5 Å². The Labute approximate surface area is 183 Å². The van der Waals surface area contributed by atoms with Crippen molar-refractivity contribution in [3.8, 4) is 5.75 Å². The Morgan fingerprint density at radius 3 is 2.23 bits per heavy atom. The smallest absolute Gasteiger partial charge is 0.335 e. The molecule has 2 amide bonds. The number of ether oxygens (including phenoxy) is 1. The van der Waals surface area contributed by atoms with Crippen LogP contribution in [-0.4, -0.2) is 35.2 Å². The molecule has 0 saturated carbocycles. The Hall–Kier alpha value is -3.78. The number of para-hydroxylation sites is 1. The van der Waals surface area contributed by atoms with Crippen LogP contribution in [0.15, 0.2) is 83.8 Å². The van der Waals surface area contributed by atoms with E-state index in [1.54, 1.807) is 42.5 Å². The van der Waals surface area contributed by atoms with Crippen molar-refractivity contribution in [3.05, 3.63) is 84.4 Å². The van der Waals surface area contributed by atoms with Gasteiger partial charge in [0.15, 0.2) is 6.61 Å². The number of carboxylic acid groups (broad SMARTS) is 1. The summed E-state index contributed by atoms with van der Waals surface area (Å²) < 4.78 is 5.42. The molecule has 0 heterocycles. The maximum Gasteiger partial charge on any atom is 0.335 e. The molecule has 0 radical (unpaired) electrons. The zero-order chi connectivity index (χ0) is 22.1. The number of carbonyl (C=O) groups excluding carboxylic acids is 2. The third-order valence-corrected chi connectivity index (χ3v) is 5.01. The molecular weight excluding hydrogens is 416 g/mol. The number of anilines is 2. The van der Waals surface area contributed by atoms with Crippen LogP contribution in [0, 0.1) is 0 Å². The first kappa shape index (κ1) is 21.9. The minimum Gasteiger partial charge on any atom is -0.484 e. The number of hydrogen-bond acceptors (Lipinski definition) is 5. The number of hydrogen-bond donors (Lipinski definition) is 3. The number of rotatable bonds is 9. The van der Waals surface area contributed by atoms with E-state index in [4.69, 9.17) is 9.84 Å². The number of amides is 2. The van der Waals surface area contributed by atoms with Crippen LogP contribution in [-0.2, 0) is 9.59 Å². The standard InChI is InChI=1S/C23H20N2O5S/c26-21(14-30-19-6-2-1-3-7-19)25-18-5-4-8-20(13-18)31-15-22(27)24-17-11-9-16(10-12-17)23(28)29/h1-13H,14-15H2,(H,24,27)(H,25,26)(H,28,29). The molecule has 0 fully saturated rings. The average molecular weight is 436 g/mol. The van der Waals surface area contributed by atoms with Gasteiger partial charge in [0.2, 0.25) is 5.91 Å². The van der Waals surface area contributed by atoms with Crippen LogP contribution in [0.2, 0.25) is 0 Å². The van der Waals surface area contributed by atoms with E-state index in [1.165, 1.54) is 23.9 Å². The van der Waals surface area contributed by atoms with E-state index in [2.05, 4.69) is 10.6 Å². The fraction of sp³-hybridized carbons (Fsp3) is 0.0870. The highest BCUT2D eigenvalue weighted by molar-refractivity contribution is 8.00. The highest BCUT2D eigenvalue weighted by Crippen LogP contribution is 2.22. The molecule has 158 valence electrons. The first-order chi connectivity index (χ1) is 15.0. The van der Waals surface area contributed by atoms with Crippen molar-refractivity contribution < 1.29 is 24.2 Å². The van der Waals surface area contributed by atoms with Crippen LogP contribution in [0.25, 0.3) is 0 Å². The monoisotopic (exact) mass is 436 g/mol. The summed E-state index contributed by atoms with van der Waals surface area (Å²) in [6, 6.07) is 22.2. The lowest BCUT2D eigenvalue weighted by Crippen LogP contribution is -2.20. The van der Waals surface area contributed by atoms with Crippen LogP contribution in [0.5, 0.6) is 5.75 Å². The van der Waals surface area contributed by atoms with Crippen molar-refractivity contribution in [1.82, 2.24) is 0 Å². The van der Waals surface area contributed by atoms with Crippen molar-refractivity contribution in [1.29, 1.82) is 0 Å². The fourth-order valence-corrected chi connectivity index (χ4v) is 3.32. The molecule has 8 heteroatoms. The Kier molecular flexibility index (Phi) is 7.67. The molecule has 3 N–H and O–H groups in total. The molecule has 31 heavy (non-hydrogen) atoms. The molecule has 0 aliphatic carbocycles. The lowest BCUT2D eigenvalue weighted by Gasteiger charge is -2.09. The molecule has 3 rings (SSSR count). The summed E-state index contributed by atoms with van der Waals surface area (Å²) in [5.41, 5.74) is 1.28. The molecular formula is C23H20N2O5S. The number of thioether (sulfide) groups is 1. The van der Waals surface area contributed by atoms with Gasteiger partial charge in [-0.25, -0.2) is 4.79 Å². The minimum atomic E-state index is -1.02. The topological polar surface area (TPSA) is 105 Å². The van der Waals surface area contributed by atoms with Crippen molar-refractivity contribution in [3.63, 3.8) is 0 Å². The van der Waals surface area contributed by atoms with Crippen LogP contribution < -0.4 is 15.4 Å². The van der Waals surface area contributed by atoms with Gasteiger partial charge in [0.25, 0.3) is 5.91 Å². The first-order valence-corrected chi connectivity index (χ1v) is 10.3. The zero-order valence-electron chi connectivity index (χ0n) is 16.4. The maximum absolute atomic E-state index is 12.2. The van der Waals surface area contributed by atoms with Crippen molar-refractivity contribution in [2.75, 3.05) is 23.0 Å². The number of carboxylic acids is 1. The second kappa shape index (κ2) is 10.8. The SMILES string of the molecule is O=C(COc1ccccc1)Nc1cccc(SCC(=O)Nc2ccc(C(=O)O)cc2)c1. The zero-order valence-corrected chi connectivity index (χ0v) is 17.2. The normalized spacial score (nSPS) is 10.2. The summed E-state index contributed by atoms with van der Waals surface area (Å²) in [5.74, 6) is -0.750. The van der Waals surface area contributed by atoms with E-state index in [0.717, 1.165) is 4.90 Å². The fourth-order valence-electron chi connectivity index (χ4n) is 2.57. The molecule has 0 aliphatic heterocycles. The number of nitrogens with one attached hydrogen (secondary N) is 2. The van der Waals surface area contributed by atoms with Crippen LogP contribution in [0.4, 0.5) is 11.4 Å². The molecule has 7 nitrogen and oxygen atoms in total. The summed E-state index contributed by atoms with van der Waals surface area (Å²) in [5, 5.41) is 14.4. The number of carbonyl (C=O) groups is 3. The lowest BCUT2D eigenvalue weighted by atomic mass is 10.2. The van der Waals surface area contributed by atoms with Crippen molar-refractivity contribution >= 4 is 40.9 Å².